The molecule has 0 bridgehead atoms. The number of hydrogen-bond acceptors (Lipinski definition) is 4. The summed E-state index contributed by atoms with van der Waals surface area (Å²) in [6, 6.07) is 23.3. The third-order valence-corrected chi connectivity index (χ3v) is 5.36. The Balaban J connectivity index is 1.67. The van der Waals surface area contributed by atoms with E-state index < -0.39 is 11.9 Å². The third kappa shape index (κ3) is 4.43. The van der Waals surface area contributed by atoms with Crippen LogP contribution in [-0.2, 0) is 4.79 Å². The van der Waals surface area contributed by atoms with E-state index in [-0.39, 0.29) is 10.7 Å². The molecule has 4 aromatic rings. The van der Waals surface area contributed by atoms with Crippen LogP contribution in [-0.4, -0.2) is 20.6 Å². The first-order chi connectivity index (χ1) is 15.4. The number of carbonyl (C=O) groups excluding carboxylic acids is 1. The maximum absolute atomic E-state index is 13.4. The van der Waals surface area contributed by atoms with Gasteiger partial charge in [-0.25, -0.2) is 4.98 Å². The number of rotatable bonds is 4. The van der Waals surface area contributed by atoms with E-state index in [2.05, 4.69) is 10.6 Å². The molecule has 160 valence electrons. The van der Waals surface area contributed by atoms with Crippen molar-refractivity contribution in [2.75, 3.05) is 5.32 Å². The number of nitrogens with zero attached hydrogens (tertiary/aromatic N) is 2. The second kappa shape index (κ2) is 9.11. The summed E-state index contributed by atoms with van der Waals surface area (Å²) in [7, 11) is 0. The lowest BCUT2D eigenvalue weighted by atomic mass is 10.1. The Bertz CT molecular complexity index is 1350. The molecular formula is C25H22N4O2S. The summed E-state index contributed by atoms with van der Waals surface area (Å²) in [5, 5.41) is 6.29. The molecule has 0 radical (unpaired) electrons. The molecule has 1 atom stereocenters. The molecule has 0 spiro atoms. The minimum absolute atomic E-state index is 0.161. The van der Waals surface area contributed by atoms with Crippen molar-refractivity contribution in [2.45, 2.75) is 19.9 Å². The van der Waals surface area contributed by atoms with Gasteiger partial charge in [-0.2, -0.15) is 0 Å². The molecule has 3 aromatic carbocycles. The Morgan fingerprint density at radius 3 is 2.34 bits per heavy atom. The average molecular weight is 443 g/mol. The van der Waals surface area contributed by atoms with Gasteiger partial charge in [0.25, 0.3) is 5.56 Å². The Kier molecular flexibility index (Phi) is 6.09. The molecule has 0 aliphatic heterocycles. The fourth-order valence-electron chi connectivity index (χ4n) is 3.43. The molecule has 1 aromatic heterocycles. The van der Waals surface area contributed by atoms with E-state index in [1.165, 1.54) is 4.57 Å². The zero-order chi connectivity index (χ0) is 22.7. The Morgan fingerprint density at radius 1 is 0.969 bits per heavy atom. The standard InChI is InChI=1S/C25H22N4O2S/c1-16-12-14-19(15-13-16)26-25(32)28-23(30)17(2)29-22(18-8-4-3-5-9-18)27-21-11-7-6-10-20(21)24(29)31/h3-15,17H,1-2H3,(H2,26,28,30,32)/t17-/m0/s1. The number of carbonyl (C=O) groups is 1. The van der Waals surface area contributed by atoms with Gasteiger partial charge in [0.2, 0.25) is 5.91 Å². The van der Waals surface area contributed by atoms with Crippen LogP contribution in [0.5, 0.6) is 0 Å². The quantitative estimate of drug-likeness (QED) is 0.457. The molecule has 0 aliphatic carbocycles. The molecule has 0 aliphatic rings. The van der Waals surface area contributed by atoms with Gasteiger partial charge >= 0.3 is 0 Å². The van der Waals surface area contributed by atoms with Gasteiger partial charge in [-0.15, -0.1) is 0 Å². The van der Waals surface area contributed by atoms with Gasteiger partial charge in [0.05, 0.1) is 10.9 Å². The number of amides is 1. The second-order valence-electron chi connectivity index (χ2n) is 7.48. The van der Waals surface area contributed by atoms with Crippen molar-refractivity contribution in [2.24, 2.45) is 0 Å². The lowest BCUT2D eigenvalue weighted by Crippen LogP contribution is -2.41. The molecule has 0 unspecified atom stereocenters. The van der Waals surface area contributed by atoms with E-state index in [9.17, 15) is 9.59 Å². The van der Waals surface area contributed by atoms with Gasteiger partial charge in [-0.3, -0.25) is 14.2 Å². The normalized spacial score (nSPS) is 11.7. The van der Waals surface area contributed by atoms with Crippen LogP contribution in [0.15, 0.2) is 83.7 Å². The first-order valence-electron chi connectivity index (χ1n) is 10.2. The lowest BCUT2D eigenvalue weighted by molar-refractivity contribution is -0.122. The fourth-order valence-corrected chi connectivity index (χ4v) is 3.65. The van der Waals surface area contributed by atoms with Crippen molar-refractivity contribution in [3.63, 3.8) is 0 Å². The Labute approximate surface area is 190 Å². The van der Waals surface area contributed by atoms with Crippen molar-refractivity contribution in [3.05, 3.63) is 94.8 Å². The number of nitrogens with one attached hydrogen (secondary N) is 2. The number of hydrogen-bond donors (Lipinski definition) is 2. The number of fused-ring (bicyclic) bond motifs is 1. The van der Waals surface area contributed by atoms with Crippen LogP contribution in [0.4, 0.5) is 5.69 Å². The van der Waals surface area contributed by atoms with E-state index in [1.807, 2.05) is 67.6 Å². The summed E-state index contributed by atoms with van der Waals surface area (Å²) in [4.78, 5) is 31.1. The van der Waals surface area contributed by atoms with Crippen LogP contribution < -0.4 is 16.2 Å². The van der Waals surface area contributed by atoms with Crippen LogP contribution in [0.3, 0.4) is 0 Å². The summed E-state index contributed by atoms with van der Waals surface area (Å²) in [6.45, 7) is 3.65. The zero-order valence-corrected chi connectivity index (χ0v) is 18.5. The van der Waals surface area contributed by atoms with E-state index in [1.54, 1.807) is 25.1 Å². The second-order valence-corrected chi connectivity index (χ2v) is 7.89. The predicted octanol–water partition coefficient (Wildman–Crippen LogP) is 4.45. The third-order valence-electron chi connectivity index (χ3n) is 5.15. The van der Waals surface area contributed by atoms with Crippen LogP contribution in [0.25, 0.3) is 22.3 Å². The average Bonchev–Trinajstić information content (AvgIpc) is 2.80. The summed E-state index contributed by atoms with van der Waals surface area (Å²) in [6.07, 6.45) is 0. The number of anilines is 1. The maximum atomic E-state index is 13.4. The minimum Gasteiger partial charge on any atom is -0.332 e. The summed E-state index contributed by atoms with van der Waals surface area (Å²) in [5.41, 5.74) is 2.93. The van der Waals surface area contributed by atoms with Crippen LogP contribution in [0, 0.1) is 6.92 Å². The molecule has 0 saturated carbocycles. The van der Waals surface area contributed by atoms with Crippen molar-refractivity contribution in [1.29, 1.82) is 0 Å². The van der Waals surface area contributed by atoms with Gasteiger partial charge in [0.15, 0.2) is 5.11 Å². The van der Waals surface area contributed by atoms with Crippen LogP contribution >= 0.6 is 12.2 Å². The van der Waals surface area contributed by atoms with Crippen molar-refractivity contribution >= 4 is 39.8 Å². The van der Waals surface area contributed by atoms with E-state index in [0.717, 1.165) is 16.8 Å². The molecule has 4 rings (SSSR count). The highest BCUT2D eigenvalue weighted by atomic mass is 32.1. The molecule has 2 N–H and O–H groups in total. The van der Waals surface area contributed by atoms with Crippen molar-refractivity contribution in [1.82, 2.24) is 14.9 Å². The molecule has 7 heteroatoms. The van der Waals surface area contributed by atoms with Gasteiger partial charge in [0, 0.05) is 11.3 Å². The van der Waals surface area contributed by atoms with Gasteiger partial charge in [-0.05, 0) is 50.3 Å². The number of para-hydroxylation sites is 1. The first kappa shape index (κ1) is 21.4. The largest absolute Gasteiger partial charge is 0.332 e. The first-order valence-corrected chi connectivity index (χ1v) is 10.6. The van der Waals surface area contributed by atoms with Gasteiger partial charge in [0.1, 0.15) is 11.9 Å². The van der Waals surface area contributed by atoms with Crippen molar-refractivity contribution < 1.29 is 4.79 Å². The SMILES string of the molecule is Cc1ccc(NC(=S)NC(=O)[C@H](C)n2c(-c3ccccc3)nc3ccccc3c2=O)cc1. The Hall–Kier alpha value is -3.84. The van der Waals surface area contributed by atoms with E-state index in [0.29, 0.717) is 16.7 Å². The summed E-state index contributed by atoms with van der Waals surface area (Å²) < 4.78 is 1.42. The summed E-state index contributed by atoms with van der Waals surface area (Å²) >= 11 is 5.30. The molecule has 32 heavy (non-hydrogen) atoms. The maximum Gasteiger partial charge on any atom is 0.262 e. The molecule has 1 heterocycles. The smallest absolute Gasteiger partial charge is 0.262 e. The summed E-state index contributed by atoms with van der Waals surface area (Å²) in [5.74, 6) is 0.0142. The highest BCUT2D eigenvalue weighted by Gasteiger charge is 2.23. The minimum atomic E-state index is -0.840. The topological polar surface area (TPSA) is 76.0 Å². The fraction of sp³-hybridized carbons (Fsp3) is 0.120. The monoisotopic (exact) mass is 442 g/mol. The van der Waals surface area contributed by atoms with E-state index in [4.69, 9.17) is 17.2 Å². The van der Waals surface area contributed by atoms with Crippen molar-refractivity contribution in [3.8, 4) is 11.4 Å². The van der Waals surface area contributed by atoms with E-state index >= 15 is 0 Å². The molecule has 1 amide bonds. The number of aryl methyl sites for hydroxylation is 1. The van der Waals surface area contributed by atoms with Crippen LogP contribution in [0.2, 0.25) is 0 Å². The number of aromatic nitrogens is 2. The predicted molar refractivity (Wildman–Crippen MR) is 132 cm³/mol. The number of thiocarbonyl (C=S) groups is 1. The molecule has 0 saturated heterocycles. The van der Waals surface area contributed by atoms with Gasteiger partial charge in [-0.1, -0.05) is 60.2 Å². The molecule has 0 fully saturated rings. The van der Waals surface area contributed by atoms with Crippen LogP contribution in [0.1, 0.15) is 18.5 Å². The Morgan fingerprint density at radius 2 is 1.62 bits per heavy atom. The highest BCUT2D eigenvalue weighted by Crippen LogP contribution is 2.22. The lowest BCUT2D eigenvalue weighted by Gasteiger charge is -2.20. The molecular weight excluding hydrogens is 420 g/mol. The highest BCUT2D eigenvalue weighted by molar-refractivity contribution is 7.80. The van der Waals surface area contributed by atoms with Gasteiger partial charge < -0.3 is 10.6 Å². The number of benzene rings is 3. The zero-order valence-electron chi connectivity index (χ0n) is 17.7. The molecule has 6 nitrogen and oxygen atoms in total.